The first-order valence-electron chi connectivity index (χ1n) is 5.83. The number of aromatic amines is 1. The minimum absolute atomic E-state index is 0.125. The Hall–Kier alpha value is -0.830. The zero-order chi connectivity index (χ0) is 10.9. The van der Waals surface area contributed by atoms with Gasteiger partial charge in [0.05, 0.1) is 0 Å². The molecule has 3 heteroatoms. The summed E-state index contributed by atoms with van der Waals surface area (Å²) in [5, 5.41) is 3.43. The Balaban J connectivity index is 2.12. The molecule has 2 rings (SSSR count). The number of aromatic nitrogens is 2. The summed E-state index contributed by atoms with van der Waals surface area (Å²) >= 11 is 0. The molecule has 2 heterocycles. The van der Waals surface area contributed by atoms with E-state index in [9.17, 15) is 0 Å². The van der Waals surface area contributed by atoms with Gasteiger partial charge in [0.1, 0.15) is 5.82 Å². The number of piperidine rings is 1. The Bertz CT molecular complexity index is 316. The van der Waals surface area contributed by atoms with Crippen LogP contribution in [0.1, 0.15) is 51.0 Å². The Labute approximate surface area is 91.7 Å². The summed E-state index contributed by atoms with van der Waals surface area (Å²) in [7, 11) is 0. The molecular weight excluding hydrogens is 186 g/mol. The highest BCUT2D eigenvalue weighted by Crippen LogP contribution is 2.25. The first kappa shape index (κ1) is 10.7. The average molecular weight is 207 g/mol. The molecular formula is C12H21N3. The topological polar surface area (TPSA) is 40.7 Å². The van der Waals surface area contributed by atoms with Gasteiger partial charge >= 0.3 is 0 Å². The van der Waals surface area contributed by atoms with Crippen LogP contribution in [0.2, 0.25) is 0 Å². The standard InChI is InChI=1S/C12H21N3/c1-12(2,3)11-14-8-10(15-11)9-5-4-6-13-7-9/h8-9,13H,4-7H2,1-3H3,(H,14,15). The molecule has 15 heavy (non-hydrogen) atoms. The minimum atomic E-state index is 0.125. The lowest BCUT2D eigenvalue weighted by atomic mass is 9.95. The van der Waals surface area contributed by atoms with Crippen LogP contribution in [-0.2, 0) is 5.41 Å². The van der Waals surface area contributed by atoms with E-state index in [4.69, 9.17) is 0 Å². The smallest absolute Gasteiger partial charge is 0.111 e. The summed E-state index contributed by atoms with van der Waals surface area (Å²) < 4.78 is 0. The fourth-order valence-corrected chi connectivity index (χ4v) is 2.04. The average Bonchev–Trinajstić information content (AvgIpc) is 2.67. The van der Waals surface area contributed by atoms with Gasteiger partial charge in [-0.25, -0.2) is 4.98 Å². The van der Waals surface area contributed by atoms with Gasteiger partial charge in [-0.1, -0.05) is 20.8 Å². The van der Waals surface area contributed by atoms with Crippen LogP contribution < -0.4 is 5.32 Å². The molecule has 0 aliphatic carbocycles. The minimum Gasteiger partial charge on any atom is -0.345 e. The molecule has 3 nitrogen and oxygen atoms in total. The van der Waals surface area contributed by atoms with E-state index in [0.717, 1.165) is 18.9 Å². The van der Waals surface area contributed by atoms with Crippen LogP contribution in [-0.4, -0.2) is 23.1 Å². The maximum atomic E-state index is 4.48. The van der Waals surface area contributed by atoms with Crippen LogP contribution >= 0.6 is 0 Å². The maximum absolute atomic E-state index is 4.48. The number of nitrogens with one attached hydrogen (secondary N) is 2. The number of H-pyrrole nitrogens is 1. The van der Waals surface area contributed by atoms with E-state index in [2.05, 4.69) is 36.1 Å². The van der Waals surface area contributed by atoms with E-state index >= 15 is 0 Å². The lowest BCUT2D eigenvalue weighted by molar-refractivity contribution is 0.453. The van der Waals surface area contributed by atoms with Crippen molar-refractivity contribution in [3.63, 3.8) is 0 Å². The van der Waals surface area contributed by atoms with Gasteiger partial charge in [0.15, 0.2) is 0 Å². The summed E-state index contributed by atoms with van der Waals surface area (Å²) in [6, 6.07) is 0. The quantitative estimate of drug-likeness (QED) is 0.741. The van der Waals surface area contributed by atoms with Crippen molar-refractivity contribution in [3.8, 4) is 0 Å². The van der Waals surface area contributed by atoms with Gasteiger partial charge in [-0.15, -0.1) is 0 Å². The molecule has 0 aromatic carbocycles. The third kappa shape index (κ3) is 2.40. The molecule has 1 aliphatic rings. The second-order valence-corrected chi connectivity index (χ2v) is 5.48. The summed E-state index contributed by atoms with van der Waals surface area (Å²) in [5.41, 5.74) is 1.42. The van der Waals surface area contributed by atoms with Crippen molar-refractivity contribution in [2.45, 2.75) is 44.9 Å². The summed E-state index contributed by atoms with van der Waals surface area (Å²) in [6.45, 7) is 8.82. The van der Waals surface area contributed by atoms with Gasteiger partial charge in [-0.05, 0) is 19.4 Å². The second-order valence-electron chi connectivity index (χ2n) is 5.48. The molecule has 1 aliphatic heterocycles. The lowest BCUT2D eigenvalue weighted by Gasteiger charge is -2.21. The Morgan fingerprint density at radius 2 is 2.20 bits per heavy atom. The molecule has 0 saturated carbocycles. The number of rotatable bonds is 1. The van der Waals surface area contributed by atoms with Crippen molar-refractivity contribution in [2.24, 2.45) is 0 Å². The zero-order valence-corrected chi connectivity index (χ0v) is 9.93. The van der Waals surface area contributed by atoms with Gasteiger partial charge in [-0.3, -0.25) is 0 Å². The SMILES string of the molecule is CC(C)(C)c1ncc(C2CCCNC2)[nH]1. The predicted octanol–water partition coefficient (Wildman–Crippen LogP) is 2.17. The lowest BCUT2D eigenvalue weighted by Crippen LogP contribution is -2.28. The predicted molar refractivity (Wildman–Crippen MR) is 62.1 cm³/mol. The van der Waals surface area contributed by atoms with Crippen molar-refractivity contribution >= 4 is 0 Å². The van der Waals surface area contributed by atoms with Crippen LogP contribution in [0.4, 0.5) is 0 Å². The highest BCUT2D eigenvalue weighted by molar-refractivity contribution is 5.13. The van der Waals surface area contributed by atoms with Crippen LogP contribution in [0.25, 0.3) is 0 Å². The van der Waals surface area contributed by atoms with E-state index in [1.54, 1.807) is 0 Å². The molecule has 0 amide bonds. The van der Waals surface area contributed by atoms with Crippen molar-refractivity contribution in [3.05, 3.63) is 17.7 Å². The number of imidazole rings is 1. The number of hydrogen-bond donors (Lipinski definition) is 2. The van der Waals surface area contributed by atoms with Crippen LogP contribution in [0.3, 0.4) is 0 Å². The van der Waals surface area contributed by atoms with Crippen LogP contribution in [0.5, 0.6) is 0 Å². The fraction of sp³-hybridized carbons (Fsp3) is 0.750. The Morgan fingerprint density at radius 3 is 2.73 bits per heavy atom. The largest absolute Gasteiger partial charge is 0.345 e. The Kier molecular flexibility index (Phi) is 2.83. The summed E-state index contributed by atoms with van der Waals surface area (Å²) in [4.78, 5) is 7.95. The van der Waals surface area contributed by atoms with Crippen molar-refractivity contribution in [2.75, 3.05) is 13.1 Å². The van der Waals surface area contributed by atoms with E-state index in [-0.39, 0.29) is 5.41 Å². The van der Waals surface area contributed by atoms with Gasteiger partial charge in [0.2, 0.25) is 0 Å². The molecule has 2 N–H and O–H groups in total. The molecule has 1 aromatic rings. The van der Waals surface area contributed by atoms with Gasteiger partial charge in [-0.2, -0.15) is 0 Å². The molecule has 1 atom stereocenters. The third-order valence-electron chi connectivity index (χ3n) is 3.04. The van der Waals surface area contributed by atoms with Crippen molar-refractivity contribution in [1.82, 2.24) is 15.3 Å². The molecule has 1 fully saturated rings. The van der Waals surface area contributed by atoms with E-state index in [1.807, 2.05) is 6.20 Å². The van der Waals surface area contributed by atoms with Crippen molar-refractivity contribution < 1.29 is 0 Å². The molecule has 0 spiro atoms. The molecule has 1 saturated heterocycles. The molecule has 0 bridgehead atoms. The zero-order valence-electron chi connectivity index (χ0n) is 9.93. The van der Waals surface area contributed by atoms with E-state index in [0.29, 0.717) is 5.92 Å². The highest BCUT2D eigenvalue weighted by atomic mass is 15.0. The first-order chi connectivity index (χ1) is 7.07. The first-order valence-corrected chi connectivity index (χ1v) is 5.83. The highest BCUT2D eigenvalue weighted by Gasteiger charge is 2.21. The van der Waals surface area contributed by atoms with E-state index in [1.165, 1.54) is 18.5 Å². The van der Waals surface area contributed by atoms with Gasteiger partial charge in [0, 0.05) is 29.8 Å². The Morgan fingerprint density at radius 1 is 1.40 bits per heavy atom. The van der Waals surface area contributed by atoms with Gasteiger partial charge in [0.25, 0.3) is 0 Å². The van der Waals surface area contributed by atoms with Crippen LogP contribution in [0, 0.1) is 0 Å². The monoisotopic (exact) mass is 207 g/mol. The summed E-state index contributed by atoms with van der Waals surface area (Å²) in [6.07, 6.45) is 4.56. The van der Waals surface area contributed by atoms with Gasteiger partial charge < -0.3 is 10.3 Å². The second kappa shape index (κ2) is 3.97. The third-order valence-corrected chi connectivity index (χ3v) is 3.04. The molecule has 84 valence electrons. The van der Waals surface area contributed by atoms with Crippen LogP contribution in [0.15, 0.2) is 6.20 Å². The number of nitrogens with zero attached hydrogens (tertiary/aromatic N) is 1. The molecule has 1 unspecified atom stereocenters. The van der Waals surface area contributed by atoms with Crippen molar-refractivity contribution in [1.29, 1.82) is 0 Å². The normalized spacial score (nSPS) is 23.0. The maximum Gasteiger partial charge on any atom is 0.111 e. The molecule has 1 aromatic heterocycles. The molecule has 0 radical (unpaired) electrons. The van der Waals surface area contributed by atoms with E-state index < -0.39 is 0 Å². The summed E-state index contributed by atoms with van der Waals surface area (Å²) in [5.74, 6) is 1.73. The fourth-order valence-electron chi connectivity index (χ4n) is 2.04. The number of hydrogen-bond acceptors (Lipinski definition) is 2.